The summed E-state index contributed by atoms with van der Waals surface area (Å²) in [5.74, 6) is 0.0853. The van der Waals surface area contributed by atoms with E-state index in [0.717, 1.165) is 0 Å². The van der Waals surface area contributed by atoms with E-state index in [1.807, 2.05) is 0 Å². The van der Waals surface area contributed by atoms with Gasteiger partial charge in [-0.05, 0) is 39.3 Å². The van der Waals surface area contributed by atoms with E-state index in [-0.39, 0.29) is 37.0 Å². The molecular formula is C15H22N2O5S. The molecule has 2 rings (SSSR count). The summed E-state index contributed by atoms with van der Waals surface area (Å²) in [5.41, 5.74) is -0.0582. The largest absolute Gasteiger partial charge is 0.428 e. The normalized spacial score (nSPS) is 19.8. The molecule has 1 aliphatic rings. The Hall–Kier alpha value is -1.67. The molecule has 0 aromatic carbocycles. The van der Waals surface area contributed by atoms with Crippen LogP contribution < -0.4 is 5.63 Å². The summed E-state index contributed by atoms with van der Waals surface area (Å²) in [5, 5.41) is 0. The highest BCUT2D eigenvalue weighted by Crippen LogP contribution is 2.17. The van der Waals surface area contributed by atoms with Gasteiger partial charge in [-0.1, -0.05) is 0 Å². The molecule has 1 amide bonds. The van der Waals surface area contributed by atoms with Gasteiger partial charge in [0, 0.05) is 25.7 Å². The molecule has 1 aromatic heterocycles. The van der Waals surface area contributed by atoms with Crippen LogP contribution in [-0.2, 0) is 10.0 Å². The smallest absolute Gasteiger partial charge is 0.349 e. The monoisotopic (exact) mass is 342 g/mol. The zero-order valence-corrected chi connectivity index (χ0v) is 14.6. The average Bonchev–Trinajstić information content (AvgIpc) is 2.45. The maximum absolute atomic E-state index is 12.7. The molecule has 0 bridgehead atoms. The van der Waals surface area contributed by atoms with Crippen LogP contribution in [0.5, 0.6) is 0 Å². The van der Waals surface area contributed by atoms with Crippen LogP contribution >= 0.6 is 0 Å². The van der Waals surface area contributed by atoms with Gasteiger partial charge in [-0.15, -0.1) is 0 Å². The van der Waals surface area contributed by atoms with E-state index < -0.39 is 21.6 Å². The van der Waals surface area contributed by atoms with Gasteiger partial charge < -0.3 is 9.32 Å². The van der Waals surface area contributed by atoms with Crippen molar-refractivity contribution in [1.82, 2.24) is 9.21 Å². The van der Waals surface area contributed by atoms with Crippen molar-refractivity contribution in [2.75, 3.05) is 25.4 Å². The molecule has 128 valence electrons. The van der Waals surface area contributed by atoms with Gasteiger partial charge in [0.1, 0.15) is 11.3 Å². The molecule has 0 aliphatic carbocycles. The van der Waals surface area contributed by atoms with Crippen molar-refractivity contribution in [2.45, 2.75) is 33.7 Å². The maximum atomic E-state index is 12.7. The fourth-order valence-electron chi connectivity index (χ4n) is 2.83. The van der Waals surface area contributed by atoms with Crippen molar-refractivity contribution in [2.24, 2.45) is 0 Å². The number of rotatable bonds is 3. The van der Waals surface area contributed by atoms with E-state index in [4.69, 9.17) is 4.42 Å². The van der Waals surface area contributed by atoms with Crippen LogP contribution in [0.2, 0.25) is 0 Å². The lowest BCUT2D eigenvalue weighted by molar-refractivity contribution is 0.0586. The number of hydrogen-bond donors (Lipinski definition) is 0. The van der Waals surface area contributed by atoms with Crippen molar-refractivity contribution in [3.63, 3.8) is 0 Å². The molecule has 0 N–H and O–H groups in total. The van der Waals surface area contributed by atoms with Crippen LogP contribution in [0.3, 0.4) is 0 Å². The summed E-state index contributed by atoms with van der Waals surface area (Å²) in [4.78, 5) is 26.2. The lowest BCUT2D eigenvalue weighted by atomic mass is 10.1. The minimum atomic E-state index is -3.27. The molecule has 23 heavy (non-hydrogen) atoms. The predicted octanol–water partition coefficient (Wildman–Crippen LogP) is 0.753. The molecule has 2 heterocycles. The molecular weight excluding hydrogens is 320 g/mol. The number of carbonyl (C=O) groups is 1. The van der Waals surface area contributed by atoms with Gasteiger partial charge in [0.05, 0.1) is 5.75 Å². The van der Waals surface area contributed by atoms with E-state index >= 15 is 0 Å². The van der Waals surface area contributed by atoms with Crippen LogP contribution in [0.1, 0.15) is 35.5 Å². The fourth-order valence-corrected chi connectivity index (χ4v) is 3.99. The molecule has 1 atom stereocenters. The molecule has 0 radical (unpaired) electrons. The Labute approximate surface area is 135 Å². The van der Waals surface area contributed by atoms with Gasteiger partial charge in [-0.3, -0.25) is 4.79 Å². The first kappa shape index (κ1) is 17.7. The number of sulfonamides is 1. The third-order valence-electron chi connectivity index (χ3n) is 4.10. The number of carbonyl (C=O) groups excluding carboxylic acids is 1. The Balaban J connectivity index is 2.25. The van der Waals surface area contributed by atoms with Crippen LogP contribution in [0.4, 0.5) is 0 Å². The summed E-state index contributed by atoms with van der Waals surface area (Å²) in [6, 6.07) is 1.34. The lowest BCUT2D eigenvalue weighted by Crippen LogP contribution is -2.56. The van der Waals surface area contributed by atoms with Crippen molar-refractivity contribution in [3.05, 3.63) is 33.4 Å². The van der Waals surface area contributed by atoms with Crippen molar-refractivity contribution < 1.29 is 17.6 Å². The molecule has 1 aromatic rings. The summed E-state index contributed by atoms with van der Waals surface area (Å²) < 4.78 is 30.3. The average molecular weight is 342 g/mol. The van der Waals surface area contributed by atoms with Crippen LogP contribution in [-0.4, -0.2) is 55.0 Å². The number of amides is 1. The molecule has 8 heteroatoms. The molecule has 7 nitrogen and oxygen atoms in total. The minimum Gasteiger partial charge on any atom is -0.428 e. The summed E-state index contributed by atoms with van der Waals surface area (Å²) in [7, 11) is -3.27. The number of nitrogens with zero attached hydrogens (tertiary/aromatic N) is 2. The summed E-state index contributed by atoms with van der Waals surface area (Å²) in [6.07, 6.45) is 0. The third kappa shape index (κ3) is 3.48. The van der Waals surface area contributed by atoms with E-state index in [1.54, 1.807) is 33.8 Å². The number of hydrogen-bond acceptors (Lipinski definition) is 5. The Morgan fingerprint density at radius 3 is 2.52 bits per heavy atom. The van der Waals surface area contributed by atoms with Crippen molar-refractivity contribution in [1.29, 1.82) is 0 Å². The standard InChI is InChI=1S/C15H22N2O5S/c1-5-23(20,21)16-6-7-17(11(3)9-16)14(18)13-10(2)8-12(4)22-15(13)19/h8,11H,5-7,9H2,1-4H3/t11-/m1/s1. The van der Waals surface area contributed by atoms with Gasteiger partial charge in [-0.25, -0.2) is 13.2 Å². The van der Waals surface area contributed by atoms with E-state index in [1.165, 1.54) is 9.21 Å². The molecule has 1 saturated heterocycles. The second-order valence-electron chi connectivity index (χ2n) is 5.81. The van der Waals surface area contributed by atoms with Crippen LogP contribution in [0, 0.1) is 13.8 Å². The first-order valence-corrected chi connectivity index (χ1v) is 9.18. The third-order valence-corrected chi connectivity index (χ3v) is 5.94. The molecule has 1 fully saturated rings. The van der Waals surface area contributed by atoms with Crippen molar-refractivity contribution in [3.8, 4) is 0 Å². The Morgan fingerprint density at radius 2 is 2.00 bits per heavy atom. The summed E-state index contributed by atoms with van der Waals surface area (Å²) >= 11 is 0. The minimum absolute atomic E-state index is 0.0225. The SMILES string of the molecule is CCS(=O)(=O)N1CCN(C(=O)c2c(C)cc(C)oc2=O)[C@H](C)C1. The Bertz CT molecular complexity index is 769. The molecule has 1 aliphatic heterocycles. The number of piperazine rings is 1. The molecule has 0 unspecified atom stereocenters. The molecule has 0 saturated carbocycles. The Morgan fingerprint density at radius 1 is 1.35 bits per heavy atom. The van der Waals surface area contributed by atoms with Gasteiger partial charge in [0.15, 0.2) is 0 Å². The number of aryl methyl sites for hydroxylation is 2. The highest BCUT2D eigenvalue weighted by atomic mass is 32.2. The van der Waals surface area contributed by atoms with Gasteiger partial charge >= 0.3 is 5.63 Å². The fraction of sp³-hybridized carbons (Fsp3) is 0.600. The second kappa shape index (κ2) is 6.45. The van der Waals surface area contributed by atoms with E-state index in [0.29, 0.717) is 11.3 Å². The van der Waals surface area contributed by atoms with Gasteiger partial charge in [0.2, 0.25) is 10.0 Å². The van der Waals surface area contributed by atoms with E-state index in [9.17, 15) is 18.0 Å². The first-order chi connectivity index (χ1) is 10.7. The summed E-state index contributed by atoms with van der Waals surface area (Å²) in [6.45, 7) is 7.45. The quantitative estimate of drug-likeness (QED) is 0.809. The zero-order chi connectivity index (χ0) is 17.4. The lowest BCUT2D eigenvalue weighted by Gasteiger charge is -2.39. The van der Waals surface area contributed by atoms with Crippen LogP contribution in [0.25, 0.3) is 0 Å². The van der Waals surface area contributed by atoms with Gasteiger partial charge in [-0.2, -0.15) is 4.31 Å². The van der Waals surface area contributed by atoms with Gasteiger partial charge in [0.25, 0.3) is 5.91 Å². The topological polar surface area (TPSA) is 87.9 Å². The highest BCUT2D eigenvalue weighted by molar-refractivity contribution is 7.89. The second-order valence-corrected chi connectivity index (χ2v) is 8.07. The molecule has 0 spiro atoms. The van der Waals surface area contributed by atoms with Crippen molar-refractivity contribution >= 4 is 15.9 Å². The zero-order valence-electron chi connectivity index (χ0n) is 13.8. The highest BCUT2D eigenvalue weighted by Gasteiger charge is 2.34. The predicted molar refractivity (Wildman–Crippen MR) is 86.0 cm³/mol. The van der Waals surface area contributed by atoms with Crippen LogP contribution in [0.15, 0.2) is 15.3 Å². The first-order valence-electron chi connectivity index (χ1n) is 7.57. The Kier molecular flexibility index (Phi) is 4.95. The van der Waals surface area contributed by atoms with E-state index in [2.05, 4.69) is 0 Å². The maximum Gasteiger partial charge on any atom is 0.349 e.